The van der Waals surface area contributed by atoms with Crippen LogP contribution in [0.2, 0.25) is 0 Å². The van der Waals surface area contributed by atoms with Crippen molar-refractivity contribution in [2.75, 3.05) is 12.4 Å². The van der Waals surface area contributed by atoms with Crippen molar-refractivity contribution in [3.8, 4) is 28.7 Å². The lowest BCUT2D eigenvalue weighted by Gasteiger charge is -2.14. The summed E-state index contributed by atoms with van der Waals surface area (Å²) in [5.74, 6) is 2.42. The molecule has 0 unspecified atom stereocenters. The van der Waals surface area contributed by atoms with Gasteiger partial charge in [-0.1, -0.05) is 24.3 Å². The third-order valence-electron chi connectivity index (χ3n) is 6.51. The van der Waals surface area contributed by atoms with Crippen molar-refractivity contribution in [3.05, 3.63) is 65.5 Å². The van der Waals surface area contributed by atoms with Gasteiger partial charge in [0.15, 0.2) is 5.82 Å². The van der Waals surface area contributed by atoms with Crippen molar-refractivity contribution in [1.82, 2.24) is 29.5 Å². The highest BCUT2D eigenvalue weighted by molar-refractivity contribution is 5.67. The summed E-state index contributed by atoms with van der Waals surface area (Å²) in [6.07, 6.45) is 4.15. The number of hydrogen-bond donors (Lipinski definition) is 2. The summed E-state index contributed by atoms with van der Waals surface area (Å²) >= 11 is 0. The molecule has 3 N–H and O–H groups in total. The monoisotopic (exact) mass is 520 g/mol. The fourth-order valence-electron chi connectivity index (χ4n) is 4.33. The van der Waals surface area contributed by atoms with Crippen molar-refractivity contribution in [2.45, 2.75) is 58.2 Å². The predicted molar refractivity (Wildman–Crippen MR) is 140 cm³/mol. The number of aromatic nitrogens is 6. The van der Waals surface area contributed by atoms with E-state index in [1.807, 2.05) is 38.1 Å². The van der Waals surface area contributed by atoms with Crippen LogP contribution in [0.15, 0.2) is 43.0 Å². The first-order valence-electron chi connectivity index (χ1n) is 12.5. The molecule has 3 aromatic heterocycles. The zero-order valence-corrected chi connectivity index (χ0v) is 21.5. The quantitative estimate of drug-likeness (QED) is 0.290. The van der Waals surface area contributed by atoms with Crippen LogP contribution < -0.4 is 15.8 Å². The van der Waals surface area contributed by atoms with E-state index in [0.29, 0.717) is 41.4 Å². The predicted octanol–water partition coefficient (Wildman–Crippen LogP) is 5.27. The van der Waals surface area contributed by atoms with Gasteiger partial charge in [-0.3, -0.25) is 0 Å². The van der Waals surface area contributed by atoms with Crippen molar-refractivity contribution in [1.29, 1.82) is 0 Å². The van der Waals surface area contributed by atoms with Crippen LogP contribution in [0.4, 0.5) is 14.6 Å². The molecule has 1 saturated carbocycles. The number of imidazole rings is 1. The summed E-state index contributed by atoms with van der Waals surface area (Å²) in [4.78, 5) is 22.2. The molecule has 198 valence electrons. The molecule has 0 amide bonds. The highest BCUT2D eigenvalue weighted by Gasteiger charge is 2.31. The Morgan fingerprint density at radius 2 is 1.87 bits per heavy atom. The first-order chi connectivity index (χ1) is 18.4. The van der Waals surface area contributed by atoms with Gasteiger partial charge in [-0.05, 0) is 32.3 Å². The zero-order valence-electron chi connectivity index (χ0n) is 21.5. The van der Waals surface area contributed by atoms with Gasteiger partial charge in [0.2, 0.25) is 5.88 Å². The van der Waals surface area contributed by atoms with Gasteiger partial charge >= 0.3 is 0 Å². The molecule has 0 radical (unpaired) electrons. The van der Waals surface area contributed by atoms with Crippen LogP contribution in [0.3, 0.4) is 0 Å². The second-order valence-electron chi connectivity index (χ2n) is 9.53. The largest absolute Gasteiger partial charge is 0.480 e. The standard InChI is InChI=1S/C27H30F2N8O/c1-15(2)37-13-20(23(28)29)35-26(37)18-6-4-16(5-7-18)11-31-24-19(10-30)12-32-25(36-24)21-22(17-8-9-17)33-14-34-27(21)38-3/h4-7,12-15,17,23H,8-11,30H2,1-3H3,(H,31,32,36). The summed E-state index contributed by atoms with van der Waals surface area (Å²) in [6, 6.07) is 7.65. The molecule has 0 aliphatic heterocycles. The molecule has 0 atom stereocenters. The van der Waals surface area contributed by atoms with Crippen LogP contribution in [0.5, 0.6) is 5.88 Å². The van der Waals surface area contributed by atoms with Crippen LogP contribution in [0.25, 0.3) is 22.8 Å². The maximum absolute atomic E-state index is 13.3. The summed E-state index contributed by atoms with van der Waals surface area (Å²) in [5, 5.41) is 3.37. The number of methoxy groups -OCH3 is 1. The van der Waals surface area contributed by atoms with E-state index in [0.717, 1.165) is 35.2 Å². The van der Waals surface area contributed by atoms with Crippen molar-refractivity contribution < 1.29 is 13.5 Å². The number of hydrogen-bond acceptors (Lipinski definition) is 8. The highest BCUT2D eigenvalue weighted by atomic mass is 19.3. The first-order valence-corrected chi connectivity index (χ1v) is 12.5. The molecule has 0 bridgehead atoms. The number of benzene rings is 1. The zero-order chi connectivity index (χ0) is 26.8. The number of halogens is 2. The molecular weight excluding hydrogens is 490 g/mol. The molecule has 11 heteroatoms. The summed E-state index contributed by atoms with van der Waals surface area (Å²) < 4.78 is 33.8. The Balaban J connectivity index is 1.39. The molecular formula is C27H30F2N8O. The van der Waals surface area contributed by atoms with E-state index >= 15 is 0 Å². The van der Waals surface area contributed by atoms with E-state index in [1.54, 1.807) is 17.9 Å². The fraction of sp³-hybridized carbons (Fsp3) is 0.370. The third-order valence-corrected chi connectivity index (χ3v) is 6.51. The summed E-state index contributed by atoms with van der Waals surface area (Å²) in [6.45, 7) is 4.62. The minimum absolute atomic E-state index is 0.00190. The van der Waals surface area contributed by atoms with E-state index < -0.39 is 6.43 Å². The van der Waals surface area contributed by atoms with E-state index in [-0.39, 0.29) is 18.3 Å². The van der Waals surface area contributed by atoms with E-state index in [4.69, 9.17) is 15.5 Å². The van der Waals surface area contributed by atoms with Gasteiger partial charge in [-0.15, -0.1) is 0 Å². The lowest BCUT2D eigenvalue weighted by atomic mass is 10.1. The van der Waals surface area contributed by atoms with Crippen LogP contribution in [0, 0.1) is 0 Å². The Morgan fingerprint density at radius 3 is 2.50 bits per heavy atom. The Labute approximate surface area is 219 Å². The average molecular weight is 521 g/mol. The van der Waals surface area contributed by atoms with Gasteiger partial charge in [0, 0.05) is 48.6 Å². The lowest BCUT2D eigenvalue weighted by molar-refractivity contribution is 0.146. The number of ether oxygens (including phenoxy) is 1. The number of rotatable bonds is 10. The van der Waals surface area contributed by atoms with Gasteiger partial charge in [0.1, 0.15) is 29.2 Å². The maximum Gasteiger partial charge on any atom is 0.281 e. The third kappa shape index (κ3) is 5.19. The van der Waals surface area contributed by atoms with Crippen LogP contribution in [0.1, 0.15) is 67.6 Å². The normalized spacial score (nSPS) is 13.4. The molecule has 1 aromatic carbocycles. The Kier molecular flexibility index (Phi) is 7.28. The van der Waals surface area contributed by atoms with Gasteiger partial charge < -0.3 is 20.4 Å². The van der Waals surface area contributed by atoms with Gasteiger partial charge in [-0.25, -0.2) is 33.7 Å². The Bertz CT molecular complexity index is 1420. The number of nitrogens with two attached hydrogens (primary N) is 1. The molecule has 5 rings (SSSR count). The SMILES string of the molecule is COc1ncnc(C2CC2)c1-c1ncc(CN)c(NCc2ccc(-c3nc(C(F)F)cn3C(C)C)cc2)n1. The Hall–Kier alpha value is -3.99. The molecule has 4 aromatic rings. The molecule has 0 spiro atoms. The van der Waals surface area contributed by atoms with Gasteiger partial charge in [0.05, 0.1) is 12.8 Å². The minimum Gasteiger partial charge on any atom is -0.480 e. The lowest BCUT2D eigenvalue weighted by Crippen LogP contribution is -2.10. The average Bonchev–Trinajstić information content (AvgIpc) is 3.68. The molecule has 9 nitrogen and oxygen atoms in total. The molecule has 1 aliphatic rings. The van der Waals surface area contributed by atoms with E-state index in [9.17, 15) is 8.78 Å². The second-order valence-corrected chi connectivity index (χ2v) is 9.53. The molecule has 1 aliphatic carbocycles. The van der Waals surface area contributed by atoms with Crippen molar-refractivity contribution in [2.24, 2.45) is 5.73 Å². The number of alkyl halides is 2. The van der Waals surface area contributed by atoms with Gasteiger partial charge in [-0.2, -0.15) is 0 Å². The fourth-order valence-corrected chi connectivity index (χ4v) is 4.33. The second kappa shape index (κ2) is 10.8. The topological polar surface area (TPSA) is 117 Å². The summed E-state index contributed by atoms with van der Waals surface area (Å²) in [5.41, 5.74) is 9.86. The van der Waals surface area contributed by atoms with Crippen LogP contribution >= 0.6 is 0 Å². The van der Waals surface area contributed by atoms with E-state index in [1.165, 1.54) is 12.5 Å². The molecule has 0 saturated heterocycles. The highest BCUT2D eigenvalue weighted by Crippen LogP contribution is 2.45. The van der Waals surface area contributed by atoms with E-state index in [2.05, 4.69) is 25.3 Å². The van der Waals surface area contributed by atoms with Crippen molar-refractivity contribution >= 4 is 5.82 Å². The van der Waals surface area contributed by atoms with Crippen LogP contribution in [-0.4, -0.2) is 36.6 Å². The number of nitrogens with one attached hydrogen (secondary N) is 1. The smallest absolute Gasteiger partial charge is 0.281 e. The molecule has 1 fully saturated rings. The summed E-state index contributed by atoms with van der Waals surface area (Å²) in [7, 11) is 1.57. The molecule has 3 heterocycles. The number of anilines is 1. The first kappa shape index (κ1) is 25.7. The number of nitrogens with zero attached hydrogens (tertiary/aromatic N) is 6. The van der Waals surface area contributed by atoms with Crippen LogP contribution in [-0.2, 0) is 13.1 Å². The van der Waals surface area contributed by atoms with Crippen molar-refractivity contribution in [3.63, 3.8) is 0 Å². The minimum atomic E-state index is -2.62. The molecule has 38 heavy (non-hydrogen) atoms. The van der Waals surface area contributed by atoms with Gasteiger partial charge in [0.25, 0.3) is 6.43 Å². The maximum atomic E-state index is 13.3. The Morgan fingerprint density at radius 1 is 1.11 bits per heavy atom.